The van der Waals surface area contributed by atoms with Crippen LogP contribution >= 0.6 is 0 Å². The SMILES string of the molecule is CC(C)(N=C=O)c1cn[nH]c1C(F)(F)F. The van der Waals surface area contributed by atoms with Gasteiger partial charge < -0.3 is 0 Å². The highest BCUT2D eigenvalue weighted by Crippen LogP contribution is 2.36. The van der Waals surface area contributed by atoms with Crippen LogP contribution in [0.5, 0.6) is 0 Å². The number of aliphatic imine (C=N–C) groups is 1. The van der Waals surface area contributed by atoms with Crippen LogP contribution < -0.4 is 0 Å². The van der Waals surface area contributed by atoms with Crippen molar-refractivity contribution in [1.29, 1.82) is 0 Å². The quantitative estimate of drug-likeness (QED) is 0.610. The minimum Gasteiger partial charge on any atom is -0.273 e. The Morgan fingerprint density at radius 1 is 1.47 bits per heavy atom. The largest absolute Gasteiger partial charge is 0.433 e. The molecule has 0 bridgehead atoms. The van der Waals surface area contributed by atoms with E-state index in [1.54, 1.807) is 0 Å². The Balaban J connectivity index is 3.27. The second-order valence-corrected chi connectivity index (χ2v) is 3.42. The van der Waals surface area contributed by atoms with Gasteiger partial charge in [-0.25, -0.2) is 4.79 Å². The van der Waals surface area contributed by atoms with E-state index in [2.05, 4.69) is 10.1 Å². The van der Waals surface area contributed by atoms with E-state index in [4.69, 9.17) is 0 Å². The molecule has 1 rings (SSSR count). The maximum Gasteiger partial charge on any atom is 0.433 e. The fraction of sp³-hybridized carbons (Fsp3) is 0.500. The number of nitrogens with zero attached hydrogens (tertiary/aromatic N) is 2. The summed E-state index contributed by atoms with van der Waals surface area (Å²) in [7, 11) is 0. The fourth-order valence-corrected chi connectivity index (χ4v) is 1.14. The van der Waals surface area contributed by atoms with E-state index in [-0.39, 0.29) is 5.56 Å². The van der Waals surface area contributed by atoms with Gasteiger partial charge in [-0.05, 0) is 13.8 Å². The van der Waals surface area contributed by atoms with Crippen molar-refractivity contribution < 1.29 is 18.0 Å². The third-order valence-electron chi connectivity index (χ3n) is 1.91. The van der Waals surface area contributed by atoms with E-state index in [1.807, 2.05) is 5.10 Å². The maximum atomic E-state index is 12.4. The summed E-state index contributed by atoms with van der Waals surface area (Å²) in [5, 5.41) is 5.15. The molecule has 0 aliphatic heterocycles. The third-order valence-corrected chi connectivity index (χ3v) is 1.91. The smallest absolute Gasteiger partial charge is 0.273 e. The van der Waals surface area contributed by atoms with E-state index in [0.717, 1.165) is 6.20 Å². The molecule has 0 atom stereocenters. The number of halogens is 3. The minimum absolute atomic E-state index is 0.182. The molecule has 0 aliphatic rings. The van der Waals surface area contributed by atoms with Gasteiger partial charge in [-0.3, -0.25) is 5.10 Å². The lowest BCUT2D eigenvalue weighted by Crippen LogP contribution is -2.19. The van der Waals surface area contributed by atoms with E-state index >= 15 is 0 Å². The first-order valence-corrected chi connectivity index (χ1v) is 3.99. The van der Waals surface area contributed by atoms with Crippen molar-refractivity contribution in [2.24, 2.45) is 4.99 Å². The average Bonchev–Trinajstić information content (AvgIpc) is 2.49. The molecule has 1 aromatic heterocycles. The zero-order valence-electron chi connectivity index (χ0n) is 8.01. The third kappa shape index (κ3) is 2.24. The standard InChI is InChI=1S/C8H8F3N3O/c1-7(2,12-4-15)5-3-13-14-6(5)8(9,10)11/h3H,1-2H3,(H,13,14). The molecule has 0 saturated heterocycles. The van der Waals surface area contributed by atoms with Crippen LogP contribution in [0.4, 0.5) is 13.2 Å². The predicted molar refractivity (Wildman–Crippen MR) is 44.7 cm³/mol. The molecule has 0 aromatic carbocycles. The van der Waals surface area contributed by atoms with Crippen LogP contribution in [0, 0.1) is 0 Å². The van der Waals surface area contributed by atoms with E-state index in [1.165, 1.54) is 19.9 Å². The van der Waals surface area contributed by atoms with Crippen LogP contribution in [-0.2, 0) is 16.5 Å². The number of H-pyrrole nitrogens is 1. The number of aromatic nitrogens is 2. The summed E-state index contributed by atoms with van der Waals surface area (Å²) in [5.41, 5.74) is -2.47. The second-order valence-electron chi connectivity index (χ2n) is 3.42. The van der Waals surface area contributed by atoms with Crippen molar-refractivity contribution in [3.05, 3.63) is 17.5 Å². The van der Waals surface area contributed by atoms with Gasteiger partial charge in [-0.15, -0.1) is 0 Å². The Bertz CT molecular complexity index is 402. The summed E-state index contributed by atoms with van der Waals surface area (Å²) in [4.78, 5) is 13.4. The lowest BCUT2D eigenvalue weighted by atomic mass is 9.95. The Morgan fingerprint density at radius 2 is 2.07 bits per heavy atom. The normalized spacial score (nSPS) is 12.3. The average molecular weight is 219 g/mol. The molecule has 1 aromatic rings. The topological polar surface area (TPSA) is 58.1 Å². The Morgan fingerprint density at radius 3 is 2.53 bits per heavy atom. The molecule has 0 fully saturated rings. The van der Waals surface area contributed by atoms with Crippen molar-refractivity contribution >= 4 is 6.08 Å². The molecule has 0 aliphatic carbocycles. The van der Waals surface area contributed by atoms with Crippen LogP contribution in [0.2, 0.25) is 0 Å². The van der Waals surface area contributed by atoms with Gasteiger partial charge in [0, 0.05) is 5.56 Å². The fourth-order valence-electron chi connectivity index (χ4n) is 1.14. The van der Waals surface area contributed by atoms with Crippen LogP contribution in [0.15, 0.2) is 11.2 Å². The van der Waals surface area contributed by atoms with E-state index in [0.29, 0.717) is 0 Å². The zero-order chi connectivity index (χ0) is 11.7. The number of nitrogens with one attached hydrogen (secondary N) is 1. The van der Waals surface area contributed by atoms with Gasteiger partial charge in [-0.2, -0.15) is 23.3 Å². The summed E-state index contributed by atoms with van der Waals surface area (Å²) in [6, 6.07) is 0. The van der Waals surface area contributed by atoms with Crippen molar-refractivity contribution in [2.45, 2.75) is 25.6 Å². The summed E-state index contributed by atoms with van der Waals surface area (Å²) in [6.45, 7) is 2.75. The Kier molecular flexibility index (Phi) is 2.68. The molecule has 4 nitrogen and oxygen atoms in total. The monoisotopic (exact) mass is 219 g/mol. The van der Waals surface area contributed by atoms with Gasteiger partial charge in [0.25, 0.3) is 0 Å². The van der Waals surface area contributed by atoms with E-state index in [9.17, 15) is 18.0 Å². The molecule has 15 heavy (non-hydrogen) atoms. The lowest BCUT2D eigenvalue weighted by molar-refractivity contribution is -0.142. The lowest BCUT2D eigenvalue weighted by Gasteiger charge is -2.18. The molecule has 0 spiro atoms. The summed E-state index contributed by atoms with van der Waals surface area (Å²) in [5.74, 6) is 0. The number of aromatic amines is 1. The molecule has 82 valence electrons. The zero-order valence-corrected chi connectivity index (χ0v) is 8.01. The summed E-state index contributed by atoms with van der Waals surface area (Å²) in [6.07, 6.45) is -2.30. The first kappa shape index (κ1) is 11.5. The number of alkyl halides is 3. The Hall–Kier alpha value is -1.62. The van der Waals surface area contributed by atoms with E-state index < -0.39 is 17.4 Å². The highest BCUT2D eigenvalue weighted by Gasteiger charge is 2.40. The number of rotatable bonds is 2. The van der Waals surface area contributed by atoms with Crippen LogP contribution in [0.3, 0.4) is 0 Å². The number of carbonyl (C=O) groups excluding carboxylic acids is 1. The highest BCUT2D eigenvalue weighted by atomic mass is 19.4. The van der Waals surface area contributed by atoms with Gasteiger partial charge >= 0.3 is 6.18 Å². The minimum atomic E-state index is -4.54. The molecule has 1 N–H and O–H groups in total. The molecule has 0 radical (unpaired) electrons. The van der Waals surface area contributed by atoms with Crippen LogP contribution in [-0.4, -0.2) is 16.3 Å². The maximum absolute atomic E-state index is 12.4. The summed E-state index contributed by atoms with van der Waals surface area (Å²) >= 11 is 0. The Labute approximate surface area is 83.2 Å². The first-order valence-electron chi connectivity index (χ1n) is 3.99. The number of hydrogen-bond donors (Lipinski definition) is 1. The molecular weight excluding hydrogens is 211 g/mol. The van der Waals surface area contributed by atoms with Gasteiger partial charge in [0.15, 0.2) is 0 Å². The van der Waals surface area contributed by atoms with Gasteiger partial charge in [0.05, 0.1) is 11.7 Å². The molecule has 7 heteroatoms. The second kappa shape index (κ2) is 3.51. The van der Waals surface area contributed by atoms with Crippen LogP contribution in [0.25, 0.3) is 0 Å². The first-order chi connectivity index (χ1) is 6.79. The summed E-state index contributed by atoms with van der Waals surface area (Å²) < 4.78 is 37.3. The number of hydrogen-bond acceptors (Lipinski definition) is 3. The van der Waals surface area contributed by atoms with Crippen molar-refractivity contribution in [2.75, 3.05) is 0 Å². The van der Waals surface area contributed by atoms with Crippen molar-refractivity contribution in [3.63, 3.8) is 0 Å². The van der Waals surface area contributed by atoms with Crippen LogP contribution in [0.1, 0.15) is 25.1 Å². The van der Waals surface area contributed by atoms with Crippen molar-refractivity contribution in [1.82, 2.24) is 10.2 Å². The van der Waals surface area contributed by atoms with Gasteiger partial charge in [0.2, 0.25) is 6.08 Å². The molecular formula is C8H8F3N3O. The number of isocyanates is 1. The highest BCUT2D eigenvalue weighted by molar-refractivity contribution is 5.38. The molecule has 0 unspecified atom stereocenters. The molecule has 0 amide bonds. The molecule has 0 saturated carbocycles. The molecule has 1 heterocycles. The predicted octanol–water partition coefficient (Wildman–Crippen LogP) is 2.00. The van der Waals surface area contributed by atoms with Gasteiger partial charge in [0.1, 0.15) is 5.69 Å². The van der Waals surface area contributed by atoms with Gasteiger partial charge in [-0.1, -0.05) is 0 Å². The van der Waals surface area contributed by atoms with Crippen molar-refractivity contribution in [3.8, 4) is 0 Å².